The molecular formula is C22H27NO4. The summed E-state index contributed by atoms with van der Waals surface area (Å²) in [6.07, 6.45) is 1.53. The number of methoxy groups -OCH3 is 2. The molecule has 2 aromatic carbocycles. The molecule has 1 N–H and O–H groups in total. The van der Waals surface area contributed by atoms with Gasteiger partial charge in [-0.3, -0.25) is 9.69 Å². The molecule has 0 saturated carbocycles. The van der Waals surface area contributed by atoms with E-state index in [-0.39, 0.29) is 6.04 Å². The summed E-state index contributed by atoms with van der Waals surface area (Å²) in [5, 5.41) is 9.76. The number of benzene rings is 2. The normalized spacial score (nSPS) is 18.3. The van der Waals surface area contributed by atoms with Gasteiger partial charge in [-0.2, -0.15) is 0 Å². The second-order valence-electron chi connectivity index (χ2n) is 7.10. The molecular weight excluding hydrogens is 342 g/mol. The summed E-state index contributed by atoms with van der Waals surface area (Å²) in [7, 11) is 3.26. The predicted octanol–water partition coefficient (Wildman–Crippen LogP) is 3.96. The van der Waals surface area contributed by atoms with Crippen LogP contribution in [0, 0.1) is 13.8 Å². The fourth-order valence-corrected chi connectivity index (χ4v) is 4.06. The third kappa shape index (κ3) is 3.78. The molecule has 27 heavy (non-hydrogen) atoms. The molecule has 1 aliphatic heterocycles. The van der Waals surface area contributed by atoms with Crippen LogP contribution in [0.5, 0.6) is 11.5 Å². The van der Waals surface area contributed by atoms with Crippen molar-refractivity contribution >= 4 is 5.97 Å². The van der Waals surface area contributed by atoms with Crippen molar-refractivity contribution in [1.29, 1.82) is 0 Å². The fourth-order valence-electron chi connectivity index (χ4n) is 4.06. The van der Waals surface area contributed by atoms with Gasteiger partial charge in [0.1, 0.15) is 17.5 Å². The van der Waals surface area contributed by atoms with E-state index in [4.69, 9.17) is 9.47 Å². The zero-order valence-corrected chi connectivity index (χ0v) is 16.4. The topological polar surface area (TPSA) is 59.0 Å². The number of carboxylic acids is 1. The molecule has 144 valence electrons. The van der Waals surface area contributed by atoms with Gasteiger partial charge in [0.15, 0.2) is 0 Å². The van der Waals surface area contributed by atoms with Gasteiger partial charge >= 0.3 is 5.97 Å². The molecule has 0 spiro atoms. The first-order valence-corrected chi connectivity index (χ1v) is 9.24. The van der Waals surface area contributed by atoms with E-state index in [9.17, 15) is 9.90 Å². The number of aliphatic carboxylic acids is 1. The minimum atomic E-state index is -0.769. The van der Waals surface area contributed by atoms with Crippen LogP contribution in [0.15, 0.2) is 36.4 Å². The smallest absolute Gasteiger partial charge is 0.320 e. The third-order valence-electron chi connectivity index (χ3n) is 5.37. The molecule has 0 radical (unpaired) electrons. The second-order valence-corrected chi connectivity index (χ2v) is 7.10. The molecule has 1 aliphatic rings. The summed E-state index contributed by atoms with van der Waals surface area (Å²) in [6, 6.07) is 11.4. The lowest BCUT2D eigenvalue weighted by atomic mass is 9.91. The van der Waals surface area contributed by atoms with Crippen LogP contribution in [0.25, 0.3) is 0 Å². The van der Waals surface area contributed by atoms with E-state index in [1.165, 1.54) is 5.56 Å². The van der Waals surface area contributed by atoms with E-state index in [2.05, 4.69) is 36.9 Å². The number of rotatable bonds is 6. The van der Waals surface area contributed by atoms with Crippen molar-refractivity contribution in [3.05, 3.63) is 58.7 Å². The number of aryl methyl sites for hydroxylation is 2. The van der Waals surface area contributed by atoms with Crippen LogP contribution in [0.3, 0.4) is 0 Å². The largest absolute Gasteiger partial charge is 0.497 e. The maximum Gasteiger partial charge on any atom is 0.320 e. The third-order valence-corrected chi connectivity index (χ3v) is 5.37. The monoisotopic (exact) mass is 369 g/mol. The predicted molar refractivity (Wildman–Crippen MR) is 105 cm³/mol. The van der Waals surface area contributed by atoms with Gasteiger partial charge in [0, 0.05) is 18.2 Å². The summed E-state index contributed by atoms with van der Waals surface area (Å²) in [5.74, 6) is 0.649. The highest BCUT2D eigenvalue weighted by Crippen LogP contribution is 2.41. The SMILES string of the molecule is COc1ccc(C(c2ccc(C)cc2C)N2CCCC2C(=O)O)c(OC)c1. The number of ether oxygens (including phenoxy) is 2. The zero-order valence-electron chi connectivity index (χ0n) is 16.4. The first-order valence-electron chi connectivity index (χ1n) is 9.24. The van der Waals surface area contributed by atoms with Gasteiger partial charge in [0.05, 0.1) is 20.3 Å². The van der Waals surface area contributed by atoms with Crippen LogP contribution in [0.2, 0.25) is 0 Å². The van der Waals surface area contributed by atoms with Gasteiger partial charge in [-0.25, -0.2) is 0 Å². The van der Waals surface area contributed by atoms with Crippen molar-refractivity contribution in [2.75, 3.05) is 20.8 Å². The van der Waals surface area contributed by atoms with Crippen LogP contribution in [0.4, 0.5) is 0 Å². The Bertz CT molecular complexity index is 833. The van der Waals surface area contributed by atoms with Gasteiger partial charge in [-0.05, 0) is 49.9 Å². The lowest BCUT2D eigenvalue weighted by Gasteiger charge is -2.34. The molecule has 5 heteroatoms. The van der Waals surface area contributed by atoms with Gasteiger partial charge in [-0.15, -0.1) is 0 Å². The number of carbonyl (C=O) groups is 1. The maximum atomic E-state index is 11.9. The van der Waals surface area contributed by atoms with Crippen LogP contribution in [-0.2, 0) is 4.79 Å². The molecule has 5 nitrogen and oxygen atoms in total. The van der Waals surface area contributed by atoms with Crippen LogP contribution in [0.1, 0.15) is 41.1 Å². The van der Waals surface area contributed by atoms with Crippen molar-refractivity contribution in [2.24, 2.45) is 0 Å². The zero-order chi connectivity index (χ0) is 19.6. The average molecular weight is 369 g/mol. The number of hydrogen-bond acceptors (Lipinski definition) is 4. The number of nitrogens with zero attached hydrogens (tertiary/aromatic N) is 1. The first-order chi connectivity index (χ1) is 13.0. The lowest BCUT2D eigenvalue weighted by Crippen LogP contribution is -2.39. The Morgan fingerprint density at radius 2 is 1.85 bits per heavy atom. The molecule has 2 aromatic rings. The average Bonchev–Trinajstić information content (AvgIpc) is 3.13. The Morgan fingerprint density at radius 3 is 2.48 bits per heavy atom. The van der Waals surface area contributed by atoms with Gasteiger partial charge in [0.25, 0.3) is 0 Å². The highest BCUT2D eigenvalue weighted by atomic mass is 16.5. The maximum absolute atomic E-state index is 11.9. The first kappa shape index (κ1) is 19.2. The number of likely N-dealkylation sites (tertiary alicyclic amines) is 1. The van der Waals surface area contributed by atoms with E-state index in [1.807, 2.05) is 18.2 Å². The summed E-state index contributed by atoms with van der Waals surface area (Å²) in [6.45, 7) is 4.89. The minimum Gasteiger partial charge on any atom is -0.497 e. The summed E-state index contributed by atoms with van der Waals surface area (Å²) in [4.78, 5) is 14.0. The standard InChI is InChI=1S/C22H27NO4/c1-14-7-9-17(15(2)12-14)21(23-11-5-6-19(23)22(24)25)18-10-8-16(26-3)13-20(18)27-4/h7-10,12-13,19,21H,5-6,11H2,1-4H3,(H,24,25). The quantitative estimate of drug-likeness (QED) is 0.835. The van der Waals surface area contributed by atoms with Crippen molar-refractivity contribution in [2.45, 2.75) is 38.8 Å². The molecule has 3 rings (SSSR count). The molecule has 0 amide bonds. The molecule has 1 fully saturated rings. The van der Waals surface area contributed by atoms with Gasteiger partial charge in [0.2, 0.25) is 0 Å². The van der Waals surface area contributed by atoms with Crippen molar-refractivity contribution < 1.29 is 19.4 Å². The van der Waals surface area contributed by atoms with Crippen LogP contribution < -0.4 is 9.47 Å². The van der Waals surface area contributed by atoms with E-state index < -0.39 is 12.0 Å². The molecule has 0 bridgehead atoms. The molecule has 2 atom stereocenters. The van der Waals surface area contributed by atoms with E-state index in [1.54, 1.807) is 14.2 Å². The fraction of sp³-hybridized carbons (Fsp3) is 0.409. The Labute approximate surface area is 160 Å². The van der Waals surface area contributed by atoms with Gasteiger partial charge in [-0.1, -0.05) is 23.8 Å². The molecule has 0 aromatic heterocycles. The summed E-state index contributed by atoms with van der Waals surface area (Å²) in [5.41, 5.74) is 4.40. The van der Waals surface area contributed by atoms with Crippen molar-refractivity contribution in [3.8, 4) is 11.5 Å². The molecule has 0 aliphatic carbocycles. The molecule has 1 saturated heterocycles. The van der Waals surface area contributed by atoms with E-state index in [0.29, 0.717) is 17.9 Å². The van der Waals surface area contributed by atoms with Crippen LogP contribution in [-0.4, -0.2) is 42.8 Å². The highest BCUT2D eigenvalue weighted by molar-refractivity contribution is 5.74. The van der Waals surface area contributed by atoms with Crippen molar-refractivity contribution in [3.63, 3.8) is 0 Å². The Kier molecular flexibility index (Phi) is 5.71. The summed E-state index contributed by atoms with van der Waals surface area (Å²) >= 11 is 0. The number of carboxylic acid groups (broad SMARTS) is 1. The molecule has 2 unspecified atom stereocenters. The van der Waals surface area contributed by atoms with E-state index in [0.717, 1.165) is 29.7 Å². The van der Waals surface area contributed by atoms with E-state index >= 15 is 0 Å². The van der Waals surface area contributed by atoms with Crippen molar-refractivity contribution in [1.82, 2.24) is 4.90 Å². The Morgan fingerprint density at radius 1 is 1.11 bits per heavy atom. The minimum absolute atomic E-state index is 0.185. The second kappa shape index (κ2) is 8.01. The molecule has 1 heterocycles. The highest BCUT2D eigenvalue weighted by Gasteiger charge is 2.38. The summed E-state index contributed by atoms with van der Waals surface area (Å²) < 4.78 is 11.0. The van der Waals surface area contributed by atoms with Crippen LogP contribution >= 0.6 is 0 Å². The number of hydrogen-bond donors (Lipinski definition) is 1. The Balaban J connectivity index is 2.17. The Hall–Kier alpha value is -2.53. The lowest BCUT2D eigenvalue weighted by molar-refractivity contribution is -0.142. The van der Waals surface area contributed by atoms with Gasteiger partial charge < -0.3 is 14.6 Å².